The van der Waals surface area contributed by atoms with E-state index in [2.05, 4.69) is 0 Å². The number of fused-ring (bicyclic) bond motifs is 3. The minimum atomic E-state index is -2.84. The number of nitrogens with two attached hydrogens (primary N) is 1. The molecule has 1 saturated carbocycles. The summed E-state index contributed by atoms with van der Waals surface area (Å²) in [5.74, 6) is -8.64. The maximum atomic E-state index is 13.7. The molecular weight excluding hydrogens is 460 g/mol. The normalized spacial score (nSPS) is 32.8. The van der Waals surface area contributed by atoms with Crippen LogP contribution in [0.25, 0.3) is 5.76 Å². The standard InChI is InChI=1S/C24H26N2O9/c1-9-10-2-3-12(26-4-6-35-7-5-26)19(29)15(10)20(30)17-14(9)18(28)11-8-13(27)16(23(25)33)21(31)24(11,34)22(17)32/h2-3,9,11,14,18,28-31,34H,4-8H2,1H3,(H2,25,33)/t9-,11+,14+,18+,24+/m0/s1. The summed E-state index contributed by atoms with van der Waals surface area (Å²) in [7, 11) is 0. The van der Waals surface area contributed by atoms with Crippen molar-refractivity contribution >= 4 is 28.9 Å². The first-order valence-corrected chi connectivity index (χ1v) is 11.4. The summed E-state index contributed by atoms with van der Waals surface area (Å²) in [6.45, 7) is 3.61. The lowest BCUT2D eigenvalue weighted by atomic mass is 9.55. The van der Waals surface area contributed by atoms with Crippen molar-refractivity contribution < 1.29 is 44.7 Å². The lowest BCUT2D eigenvalue weighted by molar-refractivity contribution is -0.160. The Balaban J connectivity index is 1.71. The second-order valence-corrected chi connectivity index (χ2v) is 9.48. The second-order valence-electron chi connectivity index (χ2n) is 9.48. The number of nitrogens with zero attached hydrogens (tertiary/aromatic N) is 1. The summed E-state index contributed by atoms with van der Waals surface area (Å²) in [6.07, 6.45) is -2.14. The van der Waals surface area contributed by atoms with Gasteiger partial charge in [-0.25, -0.2) is 0 Å². The molecule has 11 heteroatoms. The van der Waals surface area contributed by atoms with Gasteiger partial charge in [0, 0.05) is 36.9 Å². The molecule has 35 heavy (non-hydrogen) atoms. The van der Waals surface area contributed by atoms with Crippen LogP contribution < -0.4 is 10.6 Å². The van der Waals surface area contributed by atoms with Crippen molar-refractivity contribution in [3.05, 3.63) is 40.2 Å². The number of hydrogen-bond donors (Lipinski definition) is 6. The summed E-state index contributed by atoms with van der Waals surface area (Å²) in [5.41, 5.74) is 1.93. The van der Waals surface area contributed by atoms with Gasteiger partial charge in [-0.15, -0.1) is 0 Å². The van der Waals surface area contributed by atoms with Gasteiger partial charge < -0.3 is 40.9 Å². The fourth-order valence-electron chi connectivity index (χ4n) is 6.05. The van der Waals surface area contributed by atoms with E-state index in [1.54, 1.807) is 19.1 Å². The number of Topliss-reactive ketones (excluding diaryl/α,β-unsaturated/α-hetero) is 2. The molecule has 186 valence electrons. The van der Waals surface area contributed by atoms with Gasteiger partial charge in [0.05, 0.1) is 30.6 Å². The lowest BCUT2D eigenvalue weighted by Crippen LogP contribution is -2.63. The first kappa shape index (κ1) is 23.3. The predicted octanol–water partition coefficient (Wildman–Crippen LogP) is -0.208. The van der Waals surface area contributed by atoms with Crippen LogP contribution in [0.2, 0.25) is 0 Å². The molecular formula is C24H26N2O9. The number of anilines is 1. The molecule has 1 aliphatic heterocycles. The molecule has 4 aliphatic rings. The highest BCUT2D eigenvalue weighted by Crippen LogP contribution is 2.56. The van der Waals surface area contributed by atoms with Gasteiger partial charge in [-0.2, -0.15) is 0 Å². The average Bonchev–Trinajstić information content (AvgIpc) is 2.82. The number of aromatic hydroxyl groups is 1. The zero-order valence-electron chi connectivity index (χ0n) is 18.9. The number of carbonyl (C=O) groups is 3. The first-order valence-electron chi connectivity index (χ1n) is 11.4. The molecule has 1 aromatic carbocycles. The fourth-order valence-corrected chi connectivity index (χ4v) is 6.05. The van der Waals surface area contributed by atoms with E-state index in [0.717, 1.165) is 0 Å². The Hall–Kier alpha value is -3.41. The summed E-state index contributed by atoms with van der Waals surface area (Å²) >= 11 is 0. The summed E-state index contributed by atoms with van der Waals surface area (Å²) in [5, 5.41) is 55.6. The second kappa shape index (κ2) is 7.80. The predicted molar refractivity (Wildman–Crippen MR) is 121 cm³/mol. The Labute approximate surface area is 199 Å². The third-order valence-electron chi connectivity index (χ3n) is 7.83. The van der Waals surface area contributed by atoms with Gasteiger partial charge in [-0.05, 0) is 17.5 Å². The number of benzene rings is 1. The van der Waals surface area contributed by atoms with Crippen molar-refractivity contribution in [2.45, 2.75) is 31.0 Å². The van der Waals surface area contributed by atoms with Gasteiger partial charge in [0.25, 0.3) is 5.91 Å². The van der Waals surface area contributed by atoms with E-state index in [-0.39, 0.29) is 11.3 Å². The molecule has 1 saturated heterocycles. The molecule has 3 aliphatic carbocycles. The zero-order chi connectivity index (χ0) is 25.4. The smallest absolute Gasteiger partial charge is 0.255 e. The van der Waals surface area contributed by atoms with Crippen LogP contribution in [0.5, 0.6) is 5.75 Å². The number of carbonyl (C=O) groups excluding carboxylic acids is 3. The molecule has 2 fully saturated rings. The van der Waals surface area contributed by atoms with Crippen molar-refractivity contribution in [2.24, 2.45) is 17.6 Å². The molecule has 11 nitrogen and oxygen atoms in total. The largest absolute Gasteiger partial charge is 0.508 e. The van der Waals surface area contributed by atoms with Crippen LogP contribution in [-0.4, -0.2) is 81.0 Å². The molecule has 0 aromatic heterocycles. The Morgan fingerprint density at radius 2 is 1.83 bits per heavy atom. The van der Waals surface area contributed by atoms with Crippen molar-refractivity contribution in [1.29, 1.82) is 0 Å². The molecule has 1 aromatic rings. The van der Waals surface area contributed by atoms with Crippen LogP contribution in [0, 0.1) is 11.8 Å². The van der Waals surface area contributed by atoms with E-state index in [1.165, 1.54) is 0 Å². The number of hydrogen-bond acceptors (Lipinski definition) is 10. The van der Waals surface area contributed by atoms with Gasteiger partial charge in [-0.1, -0.05) is 13.0 Å². The minimum Gasteiger partial charge on any atom is -0.508 e. The van der Waals surface area contributed by atoms with Crippen LogP contribution >= 0.6 is 0 Å². The third kappa shape index (κ3) is 2.98. The minimum absolute atomic E-state index is 0.0131. The lowest BCUT2D eigenvalue weighted by Gasteiger charge is -2.50. The van der Waals surface area contributed by atoms with Crippen LogP contribution in [0.4, 0.5) is 5.69 Å². The van der Waals surface area contributed by atoms with Crippen LogP contribution in [-0.2, 0) is 19.1 Å². The first-order chi connectivity index (χ1) is 16.5. The van der Waals surface area contributed by atoms with Crippen molar-refractivity contribution in [3.63, 3.8) is 0 Å². The number of ketones is 2. The molecule has 0 spiro atoms. The highest BCUT2D eigenvalue weighted by molar-refractivity contribution is 6.23. The van der Waals surface area contributed by atoms with Gasteiger partial charge in [-0.3, -0.25) is 14.4 Å². The highest BCUT2D eigenvalue weighted by Gasteiger charge is 2.64. The topological polar surface area (TPSA) is 191 Å². The van der Waals surface area contributed by atoms with E-state index in [0.29, 0.717) is 37.6 Å². The third-order valence-corrected chi connectivity index (χ3v) is 7.83. The van der Waals surface area contributed by atoms with E-state index in [1.807, 2.05) is 4.90 Å². The molecule has 0 bridgehead atoms. The average molecular weight is 486 g/mol. The summed E-state index contributed by atoms with van der Waals surface area (Å²) < 4.78 is 5.35. The number of primary amides is 1. The Kier molecular flexibility index (Phi) is 5.20. The van der Waals surface area contributed by atoms with Crippen molar-refractivity contribution in [3.8, 4) is 5.75 Å². The molecule has 5 atom stereocenters. The van der Waals surface area contributed by atoms with Crippen molar-refractivity contribution in [2.75, 3.05) is 31.2 Å². The Morgan fingerprint density at radius 1 is 1.17 bits per heavy atom. The van der Waals surface area contributed by atoms with Gasteiger partial charge in [0.1, 0.15) is 22.8 Å². The molecule has 7 N–H and O–H groups in total. The number of phenolic OH excluding ortho intramolecular Hbond substituents is 1. The number of aliphatic hydroxyl groups excluding tert-OH is 3. The number of ether oxygens (including phenoxy) is 1. The monoisotopic (exact) mass is 486 g/mol. The van der Waals surface area contributed by atoms with Gasteiger partial charge in [0.2, 0.25) is 5.78 Å². The Morgan fingerprint density at radius 3 is 2.46 bits per heavy atom. The van der Waals surface area contributed by atoms with E-state index < -0.39 is 76.0 Å². The van der Waals surface area contributed by atoms with Crippen LogP contribution in [0.3, 0.4) is 0 Å². The summed E-state index contributed by atoms with van der Waals surface area (Å²) in [4.78, 5) is 39.8. The molecule has 5 rings (SSSR count). The SMILES string of the molecule is C[C@H]1c2ccc(N3CCOCC3)c(O)c2C(O)=C2C(=O)[C@]3(O)C(O)=C(C(N)=O)C(=O)C[C@@H]3[C@@H](O)[C@@H]21. The molecule has 1 heterocycles. The van der Waals surface area contributed by atoms with Crippen LogP contribution in [0.1, 0.15) is 30.4 Å². The van der Waals surface area contributed by atoms with Crippen LogP contribution in [0.15, 0.2) is 29.0 Å². The zero-order valence-corrected chi connectivity index (χ0v) is 18.9. The Bertz CT molecular complexity index is 1230. The maximum absolute atomic E-state index is 13.7. The molecule has 1 amide bonds. The quantitative estimate of drug-likeness (QED) is 0.305. The number of aliphatic hydroxyl groups is 4. The maximum Gasteiger partial charge on any atom is 0.255 e. The van der Waals surface area contributed by atoms with Crippen molar-refractivity contribution in [1.82, 2.24) is 0 Å². The highest BCUT2D eigenvalue weighted by atomic mass is 16.5. The number of phenols is 1. The van der Waals surface area contributed by atoms with E-state index >= 15 is 0 Å². The van der Waals surface area contributed by atoms with Gasteiger partial charge >= 0.3 is 0 Å². The number of rotatable bonds is 2. The fraction of sp³-hybridized carbons (Fsp3) is 0.458. The van der Waals surface area contributed by atoms with E-state index in [9.17, 15) is 39.9 Å². The number of morpholine rings is 1. The number of amides is 1. The summed E-state index contributed by atoms with van der Waals surface area (Å²) in [6, 6.07) is 3.39. The molecule has 0 unspecified atom stereocenters. The van der Waals surface area contributed by atoms with Gasteiger partial charge in [0.15, 0.2) is 11.4 Å². The molecule has 0 radical (unpaired) electrons. The van der Waals surface area contributed by atoms with E-state index in [4.69, 9.17) is 10.5 Å².